The summed E-state index contributed by atoms with van der Waals surface area (Å²) < 4.78 is 4.86. The molecule has 2 aromatic heterocycles. The molecule has 0 fully saturated rings. The molecule has 1 aliphatic rings. The van der Waals surface area contributed by atoms with Gasteiger partial charge < -0.3 is 9.13 Å². The van der Waals surface area contributed by atoms with Crippen molar-refractivity contribution in [1.82, 2.24) is 9.13 Å². The number of nitrogens with zero attached hydrogens (tertiary/aromatic N) is 2. The van der Waals surface area contributed by atoms with Crippen molar-refractivity contribution in [1.29, 1.82) is 0 Å². The number of hydrogen-bond donors (Lipinski definition) is 0. The van der Waals surface area contributed by atoms with Crippen molar-refractivity contribution in [3.63, 3.8) is 0 Å². The molecule has 58 heavy (non-hydrogen) atoms. The maximum atomic E-state index is 2.48. The molecule has 0 saturated carbocycles. The Labute approximate surface area is 335 Å². The molecule has 12 aromatic rings. The first-order chi connectivity index (χ1) is 28.8. The summed E-state index contributed by atoms with van der Waals surface area (Å²) in [5.41, 5.74) is 17.4. The summed E-state index contributed by atoms with van der Waals surface area (Å²) in [7, 11) is 0. The SMILES string of the molecule is c1ccc(-n2c3ccccc3c3cc(-c4ccc5c(c4)c4ccccc4n5-c4ccc5c6c(cccc46)-c4cc(-c6ccc7ccccc7c6)ccc4-5)ccc32)cc1. The molecule has 0 saturated heterocycles. The first-order valence-electron chi connectivity index (χ1n) is 20.1. The lowest BCUT2D eigenvalue weighted by Crippen LogP contribution is -1.95. The summed E-state index contributed by atoms with van der Waals surface area (Å²) in [5, 5.41) is 10.2. The average Bonchev–Trinajstić information content (AvgIpc) is 3.92. The van der Waals surface area contributed by atoms with Crippen LogP contribution in [0.25, 0.3) is 121 Å². The van der Waals surface area contributed by atoms with Gasteiger partial charge in [-0.15, -0.1) is 0 Å². The van der Waals surface area contributed by atoms with Crippen LogP contribution in [0, 0.1) is 0 Å². The van der Waals surface area contributed by atoms with Gasteiger partial charge in [0, 0.05) is 32.6 Å². The third-order valence-corrected chi connectivity index (χ3v) is 12.6. The number of rotatable bonds is 4. The minimum Gasteiger partial charge on any atom is -0.309 e. The maximum absolute atomic E-state index is 2.48. The molecule has 0 aliphatic heterocycles. The first kappa shape index (κ1) is 31.5. The van der Waals surface area contributed by atoms with E-state index < -0.39 is 0 Å². The molecule has 268 valence electrons. The monoisotopic (exact) mass is 734 g/mol. The zero-order chi connectivity index (χ0) is 37.9. The van der Waals surface area contributed by atoms with Crippen molar-refractivity contribution in [3.8, 4) is 55.9 Å². The van der Waals surface area contributed by atoms with Crippen molar-refractivity contribution >= 4 is 65.2 Å². The lowest BCUT2D eigenvalue weighted by Gasteiger charge is -2.13. The van der Waals surface area contributed by atoms with Gasteiger partial charge in [0.25, 0.3) is 0 Å². The van der Waals surface area contributed by atoms with Gasteiger partial charge in [-0.2, -0.15) is 0 Å². The predicted octanol–water partition coefficient (Wildman–Crippen LogP) is 15.2. The third kappa shape index (κ3) is 4.43. The number of hydrogen-bond acceptors (Lipinski definition) is 0. The molecule has 0 radical (unpaired) electrons. The van der Waals surface area contributed by atoms with E-state index >= 15 is 0 Å². The van der Waals surface area contributed by atoms with Gasteiger partial charge in [0.15, 0.2) is 0 Å². The maximum Gasteiger partial charge on any atom is 0.0541 e. The van der Waals surface area contributed by atoms with Gasteiger partial charge in [0.2, 0.25) is 0 Å². The summed E-state index contributed by atoms with van der Waals surface area (Å²) in [6, 6.07) is 76.3. The lowest BCUT2D eigenvalue weighted by molar-refractivity contribution is 1.18. The molecule has 2 heterocycles. The van der Waals surface area contributed by atoms with Crippen LogP contribution in [0.15, 0.2) is 206 Å². The van der Waals surface area contributed by atoms with Crippen LogP contribution in [0.4, 0.5) is 0 Å². The zero-order valence-corrected chi connectivity index (χ0v) is 31.5. The predicted molar refractivity (Wildman–Crippen MR) is 245 cm³/mol. The van der Waals surface area contributed by atoms with Crippen molar-refractivity contribution in [2.24, 2.45) is 0 Å². The second-order valence-electron chi connectivity index (χ2n) is 15.7. The number of benzene rings is 10. The molecule has 0 atom stereocenters. The van der Waals surface area contributed by atoms with Crippen LogP contribution in [-0.4, -0.2) is 9.13 Å². The van der Waals surface area contributed by atoms with E-state index in [2.05, 4.69) is 215 Å². The highest BCUT2D eigenvalue weighted by Gasteiger charge is 2.25. The molecule has 13 rings (SSSR count). The molecule has 10 aromatic carbocycles. The van der Waals surface area contributed by atoms with E-state index in [1.165, 1.54) is 121 Å². The minimum atomic E-state index is 1.17. The second kappa shape index (κ2) is 11.9. The van der Waals surface area contributed by atoms with Crippen LogP contribution >= 0.6 is 0 Å². The van der Waals surface area contributed by atoms with E-state index in [9.17, 15) is 0 Å². The van der Waals surface area contributed by atoms with Gasteiger partial charge in [-0.3, -0.25) is 0 Å². The smallest absolute Gasteiger partial charge is 0.0541 e. The van der Waals surface area contributed by atoms with E-state index in [0.29, 0.717) is 0 Å². The van der Waals surface area contributed by atoms with Gasteiger partial charge in [-0.25, -0.2) is 0 Å². The number of fused-ring (bicyclic) bond motifs is 10. The summed E-state index contributed by atoms with van der Waals surface area (Å²) in [6.45, 7) is 0. The van der Waals surface area contributed by atoms with E-state index in [-0.39, 0.29) is 0 Å². The van der Waals surface area contributed by atoms with E-state index in [0.717, 1.165) is 0 Å². The van der Waals surface area contributed by atoms with Crippen LogP contribution in [0.5, 0.6) is 0 Å². The van der Waals surface area contributed by atoms with Crippen molar-refractivity contribution in [3.05, 3.63) is 206 Å². The zero-order valence-electron chi connectivity index (χ0n) is 31.5. The van der Waals surface area contributed by atoms with Crippen LogP contribution in [-0.2, 0) is 0 Å². The van der Waals surface area contributed by atoms with E-state index in [1.54, 1.807) is 0 Å². The fourth-order valence-electron chi connectivity index (χ4n) is 10.0. The molecular weight excluding hydrogens is 701 g/mol. The molecular formula is C56H34N2. The topological polar surface area (TPSA) is 9.86 Å². The summed E-state index contributed by atoms with van der Waals surface area (Å²) in [5.74, 6) is 0. The molecule has 1 aliphatic carbocycles. The van der Waals surface area contributed by atoms with Crippen LogP contribution in [0.2, 0.25) is 0 Å². The van der Waals surface area contributed by atoms with Gasteiger partial charge in [0.1, 0.15) is 0 Å². The Hall–Kier alpha value is -7.68. The highest BCUT2D eigenvalue weighted by Crippen LogP contribution is 2.50. The van der Waals surface area contributed by atoms with Crippen LogP contribution in [0.1, 0.15) is 0 Å². The Bertz CT molecular complexity index is 3670. The number of para-hydroxylation sites is 3. The van der Waals surface area contributed by atoms with Crippen molar-refractivity contribution < 1.29 is 0 Å². The highest BCUT2D eigenvalue weighted by molar-refractivity contribution is 6.19. The van der Waals surface area contributed by atoms with Crippen LogP contribution in [0.3, 0.4) is 0 Å². The van der Waals surface area contributed by atoms with Gasteiger partial charge in [-0.05, 0) is 127 Å². The Kier molecular flexibility index (Phi) is 6.47. The molecule has 2 heteroatoms. The largest absolute Gasteiger partial charge is 0.309 e. The fourth-order valence-corrected chi connectivity index (χ4v) is 10.0. The minimum absolute atomic E-state index is 1.17. The molecule has 0 unspecified atom stereocenters. The molecule has 0 spiro atoms. The summed E-state index contributed by atoms with van der Waals surface area (Å²) in [6.07, 6.45) is 0. The Morgan fingerprint density at radius 2 is 0.793 bits per heavy atom. The van der Waals surface area contributed by atoms with E-state index in [1.807, 2.05) is 0 Å². The summed E-state index contributed by atoms with van der Waals surface area (Å²) >= 11 is 0. The average molecular weight is 735 g/mol. The Morgan fingerprint density at radius 3 is 1.57 bits per heavy atom. The highest BCUT2D eigenvalue weighted by atomic mass is 15.0. The fraction of sp³-hybridized carbons (Fsp3) is 0. The normalized spacial score (nSPS) is 12.1. The summed E-state index contributed by atoms with van der Waals surface area (Å²) in [4.78, 5) is 0. The Balaban J connectivity index is 0.961. The van der Waals surface area contributed by atoms with Gasteiger partial charge in [0.05, 0.1) is 27.8 Å². The third-order valence-electron chi connectivity index (χ3n) is 12.6. The van der Waals surface area contributed by atoms with Crippen LogP contribution < -0.4 is 0 Å². The molecule has 0 amide bonds. The van der Waals surface area contributed by atoms with Gasteiger partial charge >= 0.3 is 0 Å². The standard InChI is InChI=1S/C56H34N2/c1-2-13-41(14-3-1)57-51-19-8-6-15-43(51)49-33-39(24-28-54(49)57)40-25-29-55-50(34-40)44-16-7-9-20-52(44)58(55)53-30-27-46-42-26-23-38(32-48(42)45-17-10-18-47(53)56(45)46)37-22-21-35-11-4-5-12-36(35)31-37/h1-34H. The molecule has 0 bridgehead atoms. The van der Waals surface area contributed by atoms with Gasteiger partial charge in [-0.1, -0.05) is 140 Å². The van der Waals surface area contributed by atoms with Crippen molar-refractivity contribution in [2.45, 2.75) is 0 Å². The lowest BCUT2D eigenvalue weighted by atomic mass is 9.96. The first-order valence-corrected chi connectivity index (χ1v) is 20.1. The van der Waals surface area contributed by atoms with Crippen molar-refractivity contribution in [2.75, 3.05) is 0 Å². The quantitative estimate of drug-likeness (QED) is 0.170. The molecule has 0 N–H and O–H groups in total. The second-order valence-corrected chi connectivity index (χ2v) is 15.7. The van der Waals surface area contributed by atoms with E-state index in [4.69, 9.17) is 0 Å². The number of aromatic nitrogens is 2. The Morgan fingerprint density at radius 1 is 0.259 bits per heavy atom. The molecule has 2 nitrogen and oxygen atoms in total.